The number of rotatable bonds is 15. The molecule has 204 valence electrons. The number of phenolic OH excluding ortho intramolecular Hbond substituents is 2. The molecular formula is C32H46O5. The van der Waals surface area contributed by atoms with Gasteiger partial charge < -0.3 is 20.1 Å². The van der Waals surface area contributed by atoms with Crippen LogP contribution in [-0.4, -0.2) is 27.9 Å². The minimum Gasteiger partial charge on any atom is -0.508 e. The Morgan fingerprint density at radius 3 is 2.16 bits per heavy atom. The summed E-state index contributed by atoms with van der Waals surface area (Å²) in [6, 6.07) is 12.9. The number of hydrogen-bond acceptors (Lipinski definition) is 4. The van der Waals surface area contributed by atoms with Crippen molar-refractivity contribution in [1.29, 1.82) is 0 Å². The lowest BCUT2D eigenvalue weighted by molar-refractivity contribution is -0.149. The van der Waals surface area contributed by atoms with Crippen LogP contribution in [0.1, 0.15) is 115 Å². The molecule has 0 amide bonds. The Bertz CT molecular complexity index is 1000. The van der Waals surface area contributed by atoms with Crippen LogP contribution in [0.2, 0.25) is 0 Å². The van der Waals surface area contributed by atoms with Crippen molar-refractivity contribution >= 4 is 5.97 Å². The van der Waals surface area contributed by atoms with Crippen molar-refractivity contribution in [3.05, 3.63) is 53.6 Å². The Balaban J connectivity index is 1.49. The number of aromatic hydroxyl groups is 2. The van der Waals surface area contributed by atoms with Crippen LogP contribution in [0.4, 0.5) is 0 Å². The van der Waals surface area contributed by atoms with Gasteiger partial charge in [-0.1, -0.05) is 89.8 Å². The van der Waals surface area contributed by atoms with E-state index in [9.17, 15) is 20.1 Å². The first-order valence-electron chi connectivity index (χ1n) is 14.2. The first-order valence-corrected chi connectivity index (χ1v) is 14.2. The highest BCUT2D eigenvalue weighted by Gasteiger charge is 2.42. The second-order valence-electron chi connectivity index (χ2n) is 11.5. The van der Waals surface area contributed by atoms with Crippen molar-refractivity contribution < 1.29 is 24.9 Å². The maximum Gasteiger partial charge on any atom is 0.309 e. The van der Waals surface area contributed by atoms with Crippen LogP contribution in [0.3, 0.4) is 0 Å². The summed E-state index contributed by atoms with van der Waals surface area (Å²) >= 11 is 0. The monoisotopic (exact) mass is 510 g/mol. The molecule has 1 aliphatic heterocycles. The zero-order chi connectivity index (χ0) is 26.9. The molecule has 0 fully saturated rings. The zero-order valence-electron chi connectivity index (χ0n) is 23.0. The summed E-state index contributed by atoms with van der Waals surface area (Å²) in [5.41, 5.74) is 1.51. The second-order valence-corrected chi connectivity index (χ2v) is 11.5. The standard InChI is InChI=1S/C32H46O5/c1-4-5-20-31(2,30(35)36)21-12-10-8-6-7-9-11-13-28-27-19-18-26(34)22-29(27)37-23-32(28,3)24-14-16-25(33)17-15-24/h14-19,22,28,33-34H,4-13,20-21,23H2,1-3H3,(H,35,36). The highest BCUT2D eigenvalue weighted by molar-refractivity contribution is 5.74. The van der Waals surface area contributed by atoms with E-state index in [-0.39, 0.29) is 22.8 Å². The number of benzene rings is 2. The molecule has 3 N–H and O–H groups in total. The van der Waals surface area contributed by atoms with Gasteiger partial charge >= 0.3 is 5.97 Å². The van der Waals surface area contributed by atoms with E-state index in [0.29, 0.717) is 6.61 Å². The van der Waals surface area contributed by atoms with Crippen LogP contribution >= 0.6 is 0 Å². The van der Waals surface area contributed by atoms with Crippen LogP contribution in [-0.2, 0) is 10.2 Å². The van der Waals surface area contributed by atoms with Gasteiger partial charge in [0.2, 0.25) is 0 Å². The van der Waals surface area contributed by atoms with Gasteiger partial charge in [0.15, 0.2) is 0 Å². The molecule has 0 saturated carbocycles. The summed E-state index contributed by atoms with van der Waals surface area (Å²) in [5, 5.41) is 29.4. The predicted molar refractivity (Wildman–Crippen MR) is 149 cm³/mol. The van der Waals surface area contributed by atoms with Gasteiger partial charge in [-0.25, -0.2) is 0 Å². The second kappa shape index (κ2) is 13.2. The molecule has 37 heavy (non-hydrogen) atoms. The Hall–Kier alpha value is -2.69. The summed E-state index contributed by atoms with van der Waals surface area (Å²) < 4.78 is 6.12. The predicted octanol–water partition coefficient (Wildman–Crippen LogP) is 8.32. The van der Waals surface area contributed by atoms with Crippen LogP contribution in [0.15, 0.2) is 42.5 Å². The maximum absolute atomic E-state index is 11.7. The van der Waals surface area contributed by atoms with Gasteiger partial charge in [-0.2, -0.15) is 0 Å². The van der Waals surface area contributed by atoms with Crippen molar-refractivity contribution in [2.75, 3.05) is 6.61 Å². The molecule has 0 spiro atoms. The van der Waals surface area contributed by atoms with E-state index in [1.807, 2.05) is 25.1 Å². The van der Waals surface area contributed by atoms with Gasteiger partial charge in [-0.3, -0.25) is 4.79 Å². The lowest BCUT2D eigenvalue weighted by Crippen LogP contribution is -2.40. The molecule has 2 aromatic carbocycles. The Kier molecular flexibility index (Phi) is 10.3. The SMILES string of the molecule is CCCCC(C)(CCCCCCCCCC1c2ccc(O)cc2OCC1(C)c1ccc(O)cc1)C(=O)O. The van der Waals surface area contributed by atoms with Crippen molar-refractivity contribution in [2.24, 2.45) is 5.41 Å². The van der Waals surface area contributed by atoms with Crippen molar-refractivity contribution in [3.8, 4) is 17.2 Å². The van der Waals surface area contributed by atoms with Gasteiger partial charge in [0.05, 0.1) is 12.0 Å². The molecule has 3 rings (SSSR count). The van der Waals surface area contributed by atoms with E-state index in [0.717, 1.165) is 74.7 Å². The molecule has 3 unspecified atom stereocenters. The van der Waals surface area contributed by atoms with E-state index < -0.39 is 11.4 Å². The molecule has 3 atom stereocenters. The highest BCUT2D eigenvalue weighted by Crippen LogP contribution is 2.49. The maximum atomic E-state index is 11.7. The van der Waals surface area contributed by atoms with Gasteiger partial charge in [0.1, 0.15) is 17.2 Å². The number of carboxylic acid groups (broad SMARTS) is 1. The van der Waals surface area contributed by atoms with Crippen LogP contribution in [0.5, 0.6) is 17.2 Å². The van der Waals surface area contributed by atoms with E-state index in [1.54, 1.807) is 24.3 Å². The lowest BCUT2D eigenvalue weighted by atomic mass is 9.66. The molecule has 0 aliphatic carbocycles. The number of carboxylic acids is 1. The molecule has 0 radical (unpaired) electrons. The van der Waals surface area contributed by atoms with E-state index in [1.165, 1.54) is 19.3 Å². The molecule has 0 saturated heterocycles. The van der Waals surface area contributed by atoms with Gasteiger partial charge in [-0.05, 0) is 55.5 Å². The fraction of sp³-hybridized carbons (Fsp3) is 0.594. The number of aliphatic carboxylic acids is 1. The smallest absolute Gasteiger partial charge is 0.309 e. The normalized spacial score (nSPS) is 20.6. The number of phenols is 2. The largest absolute Gasteiger partial charge is 0.508 e. The van der Waals surface area contributed by atoms with Crippen molar-refractivity contribution in [3.63, 3.8) is 0 Å². The van der Waals surface area contributed by atoms with Crippen molar-refractivity contribution in [1.82, 2.24) is 0 Å². The molecule has 5 heteroatoms. The Labute approximate surface area is 222 Å². The molecule has 0 bridgehead atoms. The third-order valence-corrected chi connectivity index (χ3v) is 8.52. The molecule has 1 heterocycles. The van der Waals surface area contributed by atoms with Gasteiger partial charge in [0, 0.05) is 17.4 Å². The average molecular weight is 511 g/mol. The van der Waals surface area contributed by atoms with Gasteiger partial charge in [-0.15, -0.1) is 0 Å². The summed E-state index contributed by atoms with van der Waals surface area (Å²) in [6.07, 6.45) is 12.5. The highest BCUT2D eigenvalue weighted by atomic mass is 16.5. The first kappa shape index (κ1) is 28.9. The number of hydrogen-bond donors (Lipinski definition) is 3. The first-order chi connectivity index (χ1) is 17.7. The summed E-state index contributed by atoms with van der Waals surface area (Å²) in [6.45, 7) is 6.80. The van der Waals surface area contributed by atoms with Gasteiger partial charge in [0.25, 0.3) is 0 Å². The number of carbonyl (C=O) groups is 1. The third-order valence-electron chi connectivity index (χ3n) is 8.52. The van der Waals surface area contributed by atoms with Crippen LogP contribution < -0.4 is 4.74 Å². The minimum atomic E-state index is -0.648. The summed E-state index contributed by atoms with van der Waals surface area (Å²) in [7, 11) is 0. The third kappa shape index (κ3) is 7.43. The lowest BCUT2D eigenvalue weighted by Gasteiger charge is -2.43. The number of unbranched alkanes of at least 4 members (excludes halogenated alkanes) is 7. The Morgan fingerprint density at radius 2 is 1.51 bits per heavy atom. The summed E-state index contributed by atoms with van der Waals surface area (Å²) in [4.78, 5) is 11.7. The average Bonchev–Trinajstić information content (AvgIpc) is 2.87. The molecule has 5 nitrogen and oxygen atoms in total. The topological polar surface area (TPSA) is 87.0 Å². The van der Waals surface area contributed by atoms with Crippen LogP contribution in [0, 0.1) is 5.41 Å². The van der Waals surface area contributed by atoms with Crippen molar-refractivity contribution in [2.45, 2.75) is 109 Å². The Morgan fingerprint density at radius 1 is 0.919 bits per heavy atom. The molecule has 2 aromatic rings. The van der Waals surface area contributed by atoms with E-state index in [2.05, 4.69) is 13.8 Å². The summed E-state index contributed by atoms with van der Waals surface area (Å²) in [5.74, 6) is 0.871. The zero-order valence-corrected chi connectivity index (χ0v) is 23.0. The fourth-order valence-corrected chi connectivity index (χ4v) is 5.86. The molecular weight excluding hydrogens is 464 g/mol. The fourth-order valence-electron chi connectivity index (χ4n) is 5.86. The number of ether oxygens (including phenoxy) is 1. The van der Waals surface area contributed by atoms with Crippen LogP contribution in [0.25, 0.3) is 0 Å². The van der Waals surface area contributed by atoms with E-state index >= 15 is 0 Å². The number of fused-ring (bicyclic) bond motifs is 1. The molecule has 0 aromatic heterocycles. The quantitative estimate of drug-likeness (QED) is 0.210. The van der Waals surface area contributed by atoms with E-state index in [4.69, 9.17) is 4.74 Å². The minimum absolute atomic E-state index is 0.216. The molecule has 1 aliphatic rings.